The monoisotopic (exact) mass is 475 g/mol. The summed E-state index contributed by atoms with van der Waals surface area (Å²) in [7, 11) is 1.55. The summed E-state index contributed by atoms with van der Waals surface area (Å²) in [4.78, 5) is 19.6. The molecule has 2 aromatic carbocycles. The number of likely N-dealkylation sites (tertiary alicyclic amines) is 1. The highest BCUT2D eigenvalue weighted by Gasteiger charge is 2.30. The van der Waals surface area contributed by atoms with Crippen molar-refractivity contribution >= 4 is 11.6 Å². The van der Waals surface area contributed by atoms with Crippen molar-refractivity contribution in [2.24, 2.45) is 0 Å². The molecule has 1 aromatic heterocycles. The molecule has 1 aliphatic rings. The van der Waals surface area contributed by atoms with E-state index in [0.717, 1.165) is 36.2 Å². The van der Waals surface area contributed by atoms with Gasteiger partial charge in [0.05, 0.1) is 7.11 Å². The maximum Gasteiger partial charge on any atom is 0.251 e. The summed E-state index contributed by atoms with van der Waals surface area (Å²) < 4.78 is 19.9. The first-order chi connectivity index (χ1) is 16.9. The van der Waals surface area contributed by atoms with Gasteiger partial charge < -0.3 is 10.1 Å². The van der Waals surface area contributed by atoms with Gasteiger partial charge in [0.25, 0.3) is 5.91 Å². The van der Waals surface area contributed by atoms with Gasteiger partial charge in [-0.3, -0.25) is 20.1 Å². The standard InChI is InChI=1S/C28H31FN4O2/c1-18-15-21(12-13-31-18)27(30)20-7-4-8-22(16-20)28(34)32-25-10-6-14-33(19(25)2)17-23-24(29)9-5-11-26(23)35-3/h4-5,7-9,11-13,15-16,19,25,30H,6,10,14,17H2,1-3H3,(H,32,34)/p+1. The number of hydrogen-bond donors (Lipinski definition) is 2. The van der Waals surface area contributed by atoms with Crippen LogP contribution >= 0.6 is 0 Å². The average Bonchev–Trinajstić information content (AvgIpc) is 2.87. The number of ether oxygens (including phenoxy) is 1. The molecule has 2 unspecified atom stereocenters. The molecule has 1 amide bonds. The van der Waals surface area contributed by atoms with Crippen LogP contribution in [-0.4, -0.2) is 47.2 Å². The number of hydrogen-bond acceptors (Lipinski definition) is 4. The van der Waals surface area contributed by atoms with Crippen molar-refractivity contribution in [3.63, 3.8) is 0 Å². The molecule has 3 N–H and O–H groups in total. The van der Waals surface area contributed by atoms with Crippen molar-refractivity contribution in [3.8, 4) is 5.75 Å². The van der Waals surface area contributed by atoms with Crippen molar-refractivity contribution in [3.05, 3.63) is 94.6 Å². The molecular formula is C28H32FN4O2+. The second-order valence-corrected chi connectivity index (χ2v) is 9.03. The lowest BCUT2D eigenvalue weighted by Crippen LogP contribution is -2.53. The predicted molar refractivity (Wildman–Crippen MR) is 134 cm³/mol. The third-order valence-corrected chi connectivity index (χ3v) is 6.74. The maximum atomic E-state index is 14.5. The van der Waals surface area contributed by atoms with Crippen LogP contribution < -0.4 is 15.5 Å². The van der Waals surface area contributed by atoms with E-state index in [9.17, 15) is 9.18 Å². The molecule has 1 fully saturated rings. The number of amides is 1. The summed E-state index contributed by atoms with van der Waals surface area (Å²) in [6.07, 6.45) is 3.50. The number of piperidine rings is 1. The first-order valence-electron chi connectivity index (χ1n) is 11.9. The quantitative estimate of drug-likeness (QED) is 0.515. The highest BCUT2D eigenvalue weighted by molar-refractivity contribution is 6.10. The van der Waals surface area contributed by atoms with Crippen molar-refractivity contribution < 1.29 is 19.3 Å². The van der Waals surface area contributed by atoms with E-state index < -0.39 is 0 Å². The van der Waals surface area contributed by atoms with E-state index in [-0.39, 0.29) is 23.8 Å². The number of methoxy groups -OCH3 is 1. The van der Waals surface area contributed by atoms with Gasteiger partial charge in [0.15, 0.2) is 0 Å². The summed E-state index contributed by atoms with van der Waals surface area (Å²) in [5.74, 6) is 0.115. The molecule has 35 heavy (non-hydrogen) atoms. The number of nitrogens with one attached hydrogen (secondary N) is 1. The van der Waals surface area contributed by atoms with Gasteiger partial charge in [-0.25, -0.2) is 4.39 Å². The molecule has 6 nitrogen and oxygen atoms in total. The molecule has 1 saturated heterocycles. The molecule has 2 heterocycles. The first-order valence-corrected chi connectivity index (χ1v) is 11.9. The normalized spacial score (nSPS) is 18.2. The largest absolute Gasteiger partial charge is 0.496 e. The number of nitrogens with two attached hydrogens (primary N) is 1. The van der Waals surface area contributed by atoms with Gasteiger partial charge in [-0.1, -0.05) is 12.1 Å². The zero-order valence-electron chi connectivity index (χ0n) is 20.4. The number of carbonyl (C=O) groups excluding carboxylic acids is 1. The molecule has 0 spiro atoms. The second-order valence-electron chi connectivity index (χ2n) is 9.03. The van der Waals surface area contributed by atoms with Crippen LogP contribution in [0.2, 0.25) is 0 Å². The van der Waals surface area contributed by atoms with Gasteiger partial charge in [0, 0.05) is 52.8 Å². The van der Waals surface area contributed by atoms with Gasteiger partial charge in [0.2, 0.25) is 5.71 Å². The number of aromatic nitrogens is 1. The molecule has 0 bridgehead atoms. The molecule has 4 rings (SSSR count). The smallest absolute Gasteiger partial charge is 0.251 e. The highest BCUT2D eigenvalue weighted by atomic mass is 19.1. The lowest BCUT2D eigenvalue weighted by atomic mass is 9.95. The summed E-state index contributed by atoms with van der Waals surface area (Å²) in [6, 6.07) is 16.0. The Morgan fingerprint density at radius 2 is 1.91 bits per heavy atom. The van der Waals surface area contributed by atoms with Crippen LogP contribution in [0.25, 0.3) is 0 Å². The number of pyridine rings is 1. The Hall–Kier alpha value is -3.58. The second kappa shape index (κ2) is 10.8. The van der Waals surface area contributed by atoms with Crippen LogP contribution in [0.1, 0.15) is 52.5 Å². The van der Waals surface area contributed by atoms with E-state index in [1.54, 1.807) is 31.5 Å². The lowest BCUT2D eigenvalue weighted by molar-refractivity contribution is -0.111. The molecule has 182 valence electrons. The third-order valence-electron chi connectivity index (χ3n) is 6.74. The number of carbonyl (C=O) groups is 1. The fourth-order valence-electron chi connectivity index (χ4n) is 4.68. The number of nitrogens with zero attached hydrogens (tertiary/aromatic N) is 2. The third kappa shape index (κ3) is 5.57. The summed E-state index contributed by atoms with van der Waals surface area (Å²) in [6.45, 7) is 5.25. The van der Waals surface area contributed by atoms with Crippen LogP contribution in [0.15, 0.2) is 60.8 Å². The Balaban J connectivity index is 1.46. The fraction of sp³-hybridized carbons (Fsp3) is 0.321. The number of rotatable bonds is 7. The fourth-order valence-corrected chi connectivity index (χ4v) is 4.68. The van der Waals surface area contributed by atoms with Gasteiger partial charge in [-0.05, 0) is 75.7 Å². The first kappa shape index (κ1) is 24.5. The van der Waals surface area contributed by atoms with Gasteiger partial charge >= 0.3 is 0 Å². The minimum Gasteiger partial charge on any atom is -0.496 e. The summed E-state index contributed by atoms with van der Waals surface area (Å²) in [5, 5.41) is 9.59. The highest BCUT2D eigenvalue weighted by Crippen LogP contribution is 2.27. The molecule has 0 aliphatic carbocycles. The number of benzene rings is 2. The van der Waals surface area contributed by atoms with Crippen LogP contribution in [-0.2, 0) is 6.54 Å². The van der Waals surface area contributed by atoms with Crippen LogP contribution in [0, 0.1) is 12.7 Å². The van der Waals surface area contributed by atoms with Gasteiger partial charge in [-0.15, -0.1) is 0 Å². The Morgan fingerprint density at radius 1 is 1.17 bits per heavy atom. The molecule has 2 atom stereocenters. The molecule has 0 radical (unpaired) electrons. The van der Waals surface area contributed by atoms with E-state index >= 15 is 0 Å². The lowest BCUT2D eigenvalue weighted by Gasteiger charge is -2.40. The minimum absolute atomic E-state index is 0.0385. The van der Waals surface area contributed by atoms with E-state index in [1.807, 2.05) is 37.3 Å². The average molecular weight is 476 g/mol. The van der Waals surface area contributed by atoms with Crippen LogP contribution in [0.5, 0.6) is 5.75 Å². The molecule has 0 saturated carbocycles. The van der Waals surface area contributed by atoms with Crippen LogP contribution in [0.3, 0.4) is 0 Å². The maximum absolute atomic E-state index is 14.5. The van der Waals surface area contributed by atoms with Crippen molar-refractivity contribution in [1.82, 2.24) is 15.2 Å². The molecule has 7 heteroatoms. The zero-order valence-corrected chi connectivity index (χ0v) is 20.4. The molecule has 1 aliphatic heterocycles. The predicted octanol–water partition coefficient (Wildman–Crippen LogP) is 2.92. The minimum atomic E-state index is -0.280. The van der Waals surface area contributed by atoms with E-state index in [2.05, 4.69) is 22.1 Å². The number of halogens is 1. The van der Waals surface area contributed by atoms with Crippen molar-refractivity contribution in [2.75, 3.05) is 13.7 Å². The van der Waals surface area contributed by atoms with Gasteiger partial charge in [-0.2, -0.15) is 0 Å². The van der Waals surface area contributed by atoms with Crippen molar-refractivity contribution in [2.45, 2.75) is 45.3 Å². The van der Waals surface area contributed by atoms with Gasteiger partial charge in [0.1, 0.15) is 11.6 Å². The Morgan fingerprint density at radius 3 is 2.69 bits per heavy atom. The number of aryl methyl sites for hydroxylation is 1. The van der Waals surface area contributed by atoms with Crippen molar-refractivity contribution in [1.29, 1.82) is 0 Å². The SMILES string of the molecule is COc1cccc(F)c1CN1CCCC(NC(=O)c2cccc(C(=[NH2+])c3ccnc(C)c3)c2)C1C. The Labute approximate surface area is 205 Å². The van der Waals surface area contributed by atoms with Crippen LogP contribution in [0.4, 0.5) is 4.39 Å². The molecule has 3 aromatic rings. The summed E-state index contributed by atoms with van der Waals surface area (Å²) in [5.41, 5.74) is 4.22. The van der Waals surface area contributed by atoms with E-state index in [0.29, 0.717) is 29.1 Å². The Kier molecular flexibility index (Phi) is 7.56. The zero-order chi connectivity index (χ0) is 24.9. The topological polar surface area (TPSA) is 80.0 Å². The Bertz CT molecular complexity index is 1230. The van der Waals surface area contributed by atoms with E-state index in [1.165, 1.54) is 6.07 Å². The summed E-state index contributed by atoms with van der Waals surface area (Å²) >= 11 is 0. The molecular weight excluding hydrogens is 443 g/mol. The van der Waals surface area contributed by atoms with E-state index in [4.69, 9.17) is 10.1 Å².